The van der Waals surface area contributed by atoms with Crippen LogP contribution >= 0.6 is 23.5 Å². The van der Waals surface area contributed by atoms with Crippen molar-refractivity contribution >= 4 is 46.7 Å². The number of imide groups is 1. The standard InChI is InChI=1S/C22H20N2O5S2/c1-14(30-16-5-3-2-4-6-16)20(25)23-9-10-24-21(26)19(31-22(24)27)12-15-7-8-17-18(11-15)29-13-28-17/h2-8,11-12,14H,9-10,13H2,1H3,(H,23,25)/b19-12-. The Labute approximate surface area is 188 Å². The van der Waals surface area contributed by atoms with Crippen LogP contribution in [0, 0.1) is 0 Å². The van der Waals surface area contributed by atoms with Gasteiger partial charge in [0.05, 0.1) is 10.2 Å². The van der Waals surface area contributed by atoms with Crippen LogP contribution in [-0.4, -0.2) is 47.1 Å². The Hall–Kier alpha value is -2.91. The van der Waals surface area contributed by atoms with E-state index in [-0.39, 0.29) is 42.2 Å². The number of carbonyl (C=O) groups is 3. The van der Waals surface area contributed by atoms with Gasteiger partial charge in [-0.15, -0.1) is 11.8 Å². The molecule has 1 saturated heterocycles. The van der Waals surface area contributed by atoms with Crippen LogP contribution in [0.3, 0.4) is 0 Å². The van der Waals surface area contributed by atoms with E-state index in [4.69, 9.17) is 9.47 Å². The van der Waals surface area contributed by atoms with Crippen LogP contribution in [0.1, 0.15) is 12.5 Å². The highest BCUT2D eigenvalue weighted by Gasteiger charge is 2.34. The van der Waals surface area contributed by atoms with E-state index in [2.05, 4.69) is 5.32 Å². The second kappa shape index (κ2) is 9.49. The van der Waals surface area contributed by atoms with Gasteiger partial charge in [-0.05, 0) is 54.6 Å². The Morgan fingerprint density at radius 1 is 1.19 bits per heavy atom. The summed E-state index contributed by atoms with van der Waals surface area (Å²) in [5, 5.41) is 2.16. The van der Waals surface area contributed by atoms with Crippen molar-refractivity contribution in [1.82, 2.24) is 10.2 Å². The number of amides is 3. The molecule has 1 atom stereocenters. The molecule has 1 fully saturated rings. The minimum atomic E-state index is -0.367. The van der Waals surface area contributed by atoms with Crippen LogP contribution in [0.15, 0.2) is 58.3 Å². The Morgan fingerprint density at radius 3 is 2.77 bits per heavy atom. The van der Waals surface area contributed by atoms with Crippen LogP contribution in [-0.2, 0) is 9.59 Å². The molecule has 2 aromatic rings. The van der Waals surface area contributed by atoms with Crippen LogP contribution in [0.2, 0.25) is 0 Å². The highest BCUT2D eigenvalue weighted by atomic mass is 32.2. The van der Waals surface area contributed by atoms with E-state index in [9.17, 15) is 14.4 Å². The molecule has 1 unspecified atom stereocenters. The Morgan fingerprint density at radius 2 is 1.97 bits per heavy atom. The van der Waals surface area contributed by atoms with E-state index in [0.29, 0.717) is 16.4 Å². The average molecular weight is 457 g/mol. The van der Waals surface area contributed by atoms with Crippen molar-refractivity contribution < 1.29 is 23.9 Å². The van der Waals surface area contributed by atoms with Gasteiger partial charge in [-0.2, -0.15) is 0 Å². The Bertz CT molecular complexity index is 1040. The van der Waals surface area contributed by atoms with Crippen LogP contribution in [0.4, 0.5) is 4.79 Å². The molecule has 0 spiro atoms. The lowest BCUT2D eigenvalue weighted by Crippen LogP contribution is -2.39. The zero-order valence-electron chi connectivity index (χ0n) is 16.7. The van der Waals surface area contributed by atoms with E-state index in [1.165, 1.54) is 11.8 Å². The molecule has 9 heteroatoms. The maximum atomic E-state index is 12.6. The van der Waals surface area contributed by atoms with Crippen molar-refractivity contribution in [3.05, 3.63) is 59.0 Å². The summed E-state index contributed by atoms with van der Waals surface area (Å²) in [7, 11) is 0. The van der Waals surface area contributed by atoms with E-state index in [1.54, 1.807) is 24.3 Å². The van der Waals surface area contributed by atoms with Gasteiger partial charge in [-0.3, -0.25) is 19.3 Å². The quantitative estimate of drug-likeness (QED) is 0.502. The first kappa shape index (κ1) is 21.3. The van der Waals surface area contributed by atoms with Crippen molar-refractivity contribution in [2.45, 2.75) is 17.1 Å². The van der Waals surface area contributed by atoms with Crippen molar-refractivity contribution in [3.8, 4) is 11.5 Å². The number of rotatable bonds is 7. The summed E-state index contributed by atoms with van der Waals surface area (Å²) in [6.45, 7) is 2.32. The first-order chi connectivity index (χ1) is 15.0. The highest BCUT2D eigenvalue weighted by molar-refractivity contribution is 8.18. The normalized spacial score (nSPS) is 17.3. The minimum Gasteiger partial charge on any atom is -0.454 e. The smallest absolute Gasteiger partial charge is 0.293 e. The number of carbonyl (C=O) groups excluding carboxylic acids is 3. The molecule has 2 aliphatic heterocycles. The molecule has 0 aromatic heterocycles. The average Bonchev–Trinajstić information content (AvgIpc) is 3.33. The summed E-state index contributed by atoms with van der Waals surface area (Å²) >= 11 is 2.34. The molecule has 2 aromatic carbocycles. The second-order valence-electron chi connectivity index (χ2n) is 6.81. The SMILES string of the molecule is CC(Sc1ccccc1)C(=O)NCCN1C(=O)S/C(=C\c2ccc3c(c2)OCO3)C1=O. The zero-order valence-corrected chi connectivity index (χ0v) is 18.3. The zero-order chi connectivity index (χ0) is 21.8. The van der Waals surface area contributed by atoms with E-state index in [1.807, 2.05) is 37.3 Å². The predicted octanol–water partition coefficient (Wildman–Crippen LogP) is 3.75. The van der Waals surface area contributed by atoms with Crippen molar-refractivity contribution in [2.75, 3.05) is 19.9 Å². The number of hydrogen-bond donors (Lipinski definition) is 1. The van der Waals surface area contributed by atoms with Gasteiger partial charge in [-0.25, -0.2) is 0 Å². The molecule has 0 saturated carbocycles. The molecule has 1 N–H and O–H groups in total. The fourth-order valence-corrected chi connectivity index (χ4v) is 4.82. The molecule has 0 bridgehead atoms. The van der Waals surface area contributed by atoms with Gasteiger partial charge >= 0.3 is 0 Å². The van der Waals surface area contributed by atoms with Crippen LogP contribution in [0.5, 0.6) is 11.5 Å². The third-order valence-corrected chi connectivity index (χ3v) is 6.65. The summed E-state index contributed by atoms with van der Waals surface area (Å²) in [5.41, 5.74) is 0.745. The number of fused-ring (bicyclic) bond motifs is 1. The van der Waals surface area contributed by atoms with E-state index < -0.39 is 0 Å². The number of ether oxygens (including phenoxy) is 2. The number of hydrogen-bond acceptors (Lipinski definition) is 7. The molecule has 2 heterocycles. The van der Waals surface area contributed by atoms with E-state index in [0.717, 1.165) is 27.1 Å². The summed E-state index contributed by atoms with van der Waals surface area (Å²) in [6, 6.07) is 15.0. The number of thioether (sulfide) groups is 2. The fourth-order valence-electron chi connectivity index (χ4n) is 3.04. The van der Waals surface area contributed by atoms with Crippen molar-refractivity contribution in [2.24, 2.45) is 0 Å². The van der Waals surface area contributed by atoms with Crippen LogP contribution in [0.25, 0.3) is 6.08 Å². The molecule has 0 radical (unpaired) electrons. The van der Waals surface area contributed by atoms with Crippen LogP contribution < -0.4 is 14.8 Å². The van der Waals surface area contributed by atoms with E-state index >= 15 is 0 Å². The molecule has 160 valence electrons. The summed E-state index contributed by atoms with van der Waals surface area (Å²) < 4.78 is 10.6. The lowest BCUT2D eigenvalue weighted by Gasteiger charge is -2.15. The van der Waals surface area contributed by atoms with Gasteiger partial charge in [0.25, 0.3) is 11.1 Å². The van der Waals surface area contributed by atoms with Gasteiger partial charge in [0.15, 0.2) is 11.5 Å². The molecule has 2 aliphatic rings. The second-order valence-corrected chi connectivity index (χ2v) is 9.22. The molecule has 0 aliphatic carbocycles. The Kier molecular flexibility index (Phi) is 6.53. The number of benzene rings is 2. The number of nitrogens with zero attached hydrogens (tertiary/aromatic N) is 1. The molecule has 31 heavy (non-hydrogen) atoms. The van der Waals surface area contributed by atoms with Crippen molar-refractivity contribution in [1.29, 1.82) is 0 Å². The lowest BCUT2D eigenvalue weighted by molar-refractivity contribution is -0.124. The topological polar surface area (TPSA) is 84.9 Å². The van der Waals surface area contributed by atoms with Crippen molar-refractivity contribution in [3.63, 3.8) is 0 Å². The third-order valence-electron chi connectivity index (χ3n) is 4.63. The fraction of sp³-hybridized carbons (Fsp3) is 0.227. The molecular weight excluding hydrogens is 436 g/mol. The molecule has 3 amide bonds. The first-order valence-corrected chi connectivity index (χ1v) is 11.4. The largest absolute Gasteiger partial charge is 0.454 e. The summed E-state index contributed by atoms with van der Waals surface area (Å²) in [4.78, 5) is 39.8. The van der Waals surface area contributed by atoms with Gasteiger partial charge in [-0.1, -0.05) is 24.3 Å². The predicted molar refractivity (Wildman–Crippen MR) is 120 cm³/mol. The van der Waals surface area contributed by atoms with Gasteiger partial charge in [0, 0.05) is 18.0 Å². The molecule has 4 rings (SSSR count). The number of nitrogens with one attached hydrogen (secondary N) is 1. The van der Waals surface area contributed by atoms with Gasteiger partial charge in [0.2, 0.25) is 12.7 Å². The summed E-state index contributed by atoms with van der Waals surface area (Å²) in [5.74, 6) is 0.754. The lowest BCUT2D eigenvalue weighted by atomic mass is 10.2. The minimum absolute atomic E-state index is 0.123. The van der Waals surface area contributed by atoms with Gasteiger partial charge < -0.3 is 14.8 Å². The first-order valence-electron chi connectivity index (χ1n) is 9.66. The Balaban J connectivity index is 1.30. The maximum absolute atomic E-state index is 12.6. The summed E-state index contributed by atoms with van der Waals surface area (Å²) in [6.07, 6.45) is 1.66. The monoisotopic (exact) mass is 456 g/mol. The molecular formula is C22H20N2O5S2. The highest BCUT2D eigenvalue weighted by Crippen LogP contribution is 2.36. The maximum Gasteiger partial charge on any atom is 0.293 e. The molecule has 7 nitrogen and oxygen atoms in total. The third kappa shape index (κ3) is 5.05. The van der Waals surface area contributed by atoms with Gasteiger partial charge in [0.1, 0.15) is 0 Å².